The highest BCUT2D eigenvalue weighted by Crippen LogP contribution is 2.22. The van der Waals surface area contributed by atoms with Crippen LogP contribution in [0.25, 0.3) is 0 Å². The zero-order valence-corrected chi connectivity index (χ0v) is 15.7. The average molecular weight is 371 g/mol. The molecule has 0 bridgehead atoms. The largest absolute Gasteiger partial charge is 0.480 e. The number of carboxylic acids is 1. The van der Waals surface area contributed by atoms with Gasteiger partial charge in [-0.2, -0.15) is 0 Å². The Morgan fingerprint density at radius 2 is 1.92 bits per heavy atom. The number of aliphatic carboxylic acids is 1. The molecule has 9 heteroatoms. The number of nitrogens with zero attached hydrogens (tertiary/aromatic N) is 1. The molecule has 0 aliphatic rings. The van der Waals surface area contributed by atoms with Crippen molar-refractivity contribution >= 4 is 27.6 Å². The Labute approximate surface area is 148 Å². The number of carboxylic acid groups (broad SMARTS) is 1. The van der Waals surface area contributed by atoms with Crippen LogP contribution in [-0.4, -0.2) is 56.4 Å². The summed E-state index contributed by atoms with van der Waals surface area (Å²) in [5.41, 5.74) is 0.902. The summed E-state index contributed by atoms with van der Waals surface area (Å²) >= 11 is 0. The number of carbonyl (C=O) groups is 2. The molecule has 1 aromatic rings. The molecule has 25 heavy (non-hydrogen) atoms. The molecule has 0 aromatic heterocycles. The number of nitrogens with one attached hydrogen (secondary N) is 2. The minimum Gasteiger partial charge on any atom is -0.480 e. The molecule has 0 spiro atoms. The number of hydrogen-bond donors (Lipinski definition) is 3. The lowest BCUT2D eigenvalue weighted by molar-refractivity contribution is -0.139. The highest BCUT2D eigenvalue weighted by Gasteiger charge is 2.21. The minimum atomic E-state index is -3.62. The van der Waals surface area contributed by atoms with E-state index in [0.717, 1.165) is 4.31 Å². The molecule has 3 N–H and O–H groups in total. The topological polar surface area (TPSA) is 116 Å². The van der Waals surface area contributed by atoms with Crippen LogP contribution >= 0.6 is 0 Å². The first kappa shape index (κ1) is 21.1. The van der Waals surface area contributed by atoms with Gasteiger partial charge < -0.3 is 10.4 Å². The van der Waals surface area contributed by atoms with Crippen molar-refractivity contribution in [1.82, 2.24) is 9.62 Å². The number of sulfonamides is 1. The van der Waals surface area contributed by atoms with Crippen molar-refractivity contribution in [3.05, 3.63) is 23.8 Å². The van der Waals surface area contributed by atoms with Crippen LogP contribution in [0.5, 0.6) is 0 Å². The summed E-state index contributed by atoms with van der Waals surface area (Å²) in [7, 11) is -0.753. The molecule has 0 saturated carbocycles. The summed E-state index contributed by atoms with van der Waals surface area (Å²) in [5, 5.41) is 14.3. The number of rotatable bonds is 9. The highest BCUT2D eigenvalue weighted by atomic mass is 32.2. The van der Waals surface area contributed by atoms with Crippen LogP contribution in [0.3, 0.4) is 0 Å². The standard InChI is InChI=1S/C16H25N3O5S/c1-5-6-13(16(21)22)17-10-15(20)18-12-8-7-11(2)14(9-12)25(23,24)19(3)4/h7-9,13,17H,5-6,10H2,1-4H3,(H,18,20)(H,21,22). The minimum absolute atomic E-state index is 0.109. The summed E-state index contributed by atoms with van der Waals surface area (Å²) in [6.45, 7) is 3.35. The first-order valence-corrected chi connectivity index (χ1v) is 9.32. The predicted octanol–water partition coefficient (Wildman–Crippen LogP) is 1.03. The lowest BCUT2D eigenvalue weighted by Crippen LogP contribution is -2.41. The maximum absolute atomic E-state index is 12.3. The zero-order chi connectivity index (χ0) is 19.2. The molecule has 0 aliphatic heterocycles. The van der Waals surface area contributed by atoms with E-state index in [1.54, 1.807) is 19.1 Å². The Balaban J connectivity index is 2.84. The van der Waals surface area contributed by atoms with Crippen molar-refractivity contribution in [3.63, 3.8) is 0 Å². The molecule has 1 unspecified atom stereocenters. The molecule has 1 aromatic carbocycles. The van der Waals surface area contributed by atoms with Gasteiger partial charge in [0.2, 0.25) is 15.9 Å². The predicted molar refractivity (Wildman–Crippen MR) is 95.0 cm³/mol. The van der Waals surface area contributed by atoms with Crippen molar-refractivity contribution in [3.8, 4) is 0 Å². The number of benzene rings is 1. The number of hydrogen-bond acceptors (Lipinski definition) is 5. The summed E-state index contributed by atoms with van der Waals surface area (Å²) in [5.74, 6) is -1.45. The van der Waals surface area contributed by atoms with Crippen LogP contribution in [0, 0.1) is 6.92 Å². The second-order valence-electron chi connectivity index (χ2n) is 5.88. The van der Waals surface area contributed by atoms with Crippen molar-refractivity contribution in [1.29, 1.82) is 0 Å². The number of amides is 1. The normalized spacial score (nSPS) is 12.8. The molecule has 1 atom stereocenters. The summed E-state index contributed by atoms with van der Waals surface area (Å²) in [6, 6.07) is 3.81. The van der Waals surface area contributed by atoms with E-state index in [1.807, 2.05) is 6.92 Å². The maximum Gasteiger partial charge on any atom is 0.320 e. The van der Waals surface area contributed by atoms with Gasteiger partial charge in [-0.15, -0.1) is 0 Å². The van der Waals surface area contributed by atoms with Gasteiger partial charge in [0.05, 0.1) is 11.4 Å². The van der Waals surface area contributed by atoms with Crippen molar-refractivity contribution in [2.24, 2.45) is 0 Å². The van der Waals surface area contributed by atoms with Crippen LogP contribution in [0.1, 0.15) is 25.3 Å². The second kappa shape index (κ2) is 8.93. The lowest BCUT2D eigenvalue weighted by Gasteiger charge is -2.16. The van der Waals surface area contributed by atoms with Gasteiger partial charge in [-0.3, -0.25) is 14.9 Å². The van der Waals surface area contributed by atoms with Crippen molar-refractivity contribution in [2.75, 3.05) is 26.0 Å². The van der Waals surface area contributed by atoms with Gasteiger partial charge in [-0.1, -0.05) is 19.4 Å². The van der Waals surface area contributed by atoms with Crippen LogP contribution in [0.2, 0.25) is 0 Å². The fourth-order valence-corrected chi connectivity index (χ4v) is 3.32. The Morgan fingerprint density at radius 3 is 2.44 bits per heavy atom. The molecule has 1 amide bonds. The molecule has 0 radical (unpaired) electrons. The molecule has 0 saturated heterocycles. The Hall–Kier alpha value is -1.97. The van der Waals surface area contributed by atoms with Gasteiger partial charge in [0.15, 0.2) is 0 Å². The van der Waals surface area contributed by atoms with Crippen LogP contribution in [0.4, 0.5) is 5.69 Å². The molecule has 1 rings (SSSR count). The maximum atomic E-state index is 12.3. The van der Waals surface area contributed by atoms with Crippen LogP contribution in [0.15, 0.2) is 23.1 Å². The van der Waals surface area contributed by atoms with Crippen LogP contribution in [-0.2, 0) is 19.6 Å². The quantitative estimate of drug-likeness (QED) is 0.597. The molecular formula is C16H25N3O5S. The molecule has 0 heterocycles. The van der Waals surface area contributed by atoms with Crippen molar-refractivity contribution in [2.45, 2.75) is 37.6 Å². The molecule has 0 fully saturated rings. The molecule has 140 valence electrons. The lowest BCUT2D eigenvalue weighted by atomic mass is 10.1. The molecular weight excluding hydrogens is 346 g/mol. The summed E-state index contributed by atoms with van der Waals surface area (Å²) in [6.07, 6.45) is 1.09. The van der Waals surface area contributed by atoms with Gasteiger partial charge >= 0.3 is 5.97 Å². The fourth-order valence-electron chi connectivity index (χ4n) is 2.18. The van der Waals surface area contributed by atoms with Gasteiger partial charge in [0, 0.05) is 19.8 Å². The van der Waals surface area contributed by atoms with E-state index >= 15 is 0 Å². The third kappa shape index (κ3) is 5.80. The Bertz CT molecular complexity index is 731. The SMILES string of the molecule is CCCC(NCC(=O)Nc1ccc(C)c(S(=O)(=O)N(C)C)c1)C(=O)O. The van der Waals surface area contributed by atoms with E-state index in [-0.39, 0.29) is 11.4 Å². The summed E-state index contributed by atoms with van der Waals surface area (Å²) < 4.78 is 25.7. The van der Waals surface area contributed by atoms with E-state index in [1.165, 1.54) is 20.2 Å². The van der Waals surface area contributed by atoms with Crippen molar-refractivity contribution < 1.29 is 23.1 Å². The third-order valence-corrected chi connectivity index (χ3v) is 5.57. The smallest absolute Gasteiger partial charge is 0.320 e. The molecule has 8 nitrogen and oxygen atoms in total. The van der Waals surface area contributed by atoms with E-state index < -0.39 is 27.9 Å². The van der Waals surface area contributed by atoms with E-state index in [2.05, 4.69) is 10.6 Å². The third-order valence-electron chi connectivity index (χ3n) is 3.61. The fraction of sp³-hybridized carbons (Fsp3) is 0.500. The van der Waals surface area contributed by atoms with E-state index in [9.17, 15) is 18.0 Å². The van der Waals surface area contributed by atoms with Crippen LogP contribution < -0.4 is 10.6 Å². The van der Waals surface area contributed by atoms with Gasteiger partial charge in [0.25, 0.3) is 0 Å². The van der Waals surface area contributed by atoms with Gasteiger partial charge in [-0.25, -0.2) is 12.7 Å². The van der Waals surface area contributed by atoms with E-state index in [0.29, 0.717) is 24.1 Å². The Morgan fingerprint density at radius 1 is 1.28 bits per heavy atom. The number of carbonyl (C=O) groups excluding carboxylic acids is 1. The average Bonchev–Trinajstić information content (AvgIpc) is 2.52. The number of anilines is 1. The van der Waals surface area contributed by atoms with E-state index in [4.69, 9.17) is 5.11 Å². The highest BCUT2D eigenvalue weighted by molar-refractivity contribution is 7.89. The monoisotopic (exact) mass is 371 g/mol. The Kier molecular flexibility index (Phi) is 7.53. The van der Waals surface area contributed by atoms with Gasteiger partial charge in [0.1, 0.15) is 6.04 Å². The molecule has 0 aliphatic carbocycles. The first-order chi connectivity index (χ1) is 11.6. The first-order valence-electron chi connectivity index (χ1n) is 7.88. The summed E-state index contributed by atoms with van der Waals surface area (Å²) in [4.78, 5) is 23.2. The van der Waals surface area contributed by atoms with Gasteiger partial charge in [-0.05, 0) is 31.0 Å². The zero-order valence-electron chi connectivity index (χ0n) is 14.9. The number of aryl methyl sites for hydroxylation is 1. The second-order valence-corrected chi connectivity index (χ2v) is 8.00.